The molecule has 0 amide bonds. The molecule has 0 aliphatic carbocycles. The molecule has 1 atom stereocenters. The zero-order chi connectivity index (χ0) is 11.4. The fourth-order valence-electron chi connectivity index (χ4n) is 2.45. The van der Waals surface area contributed by atoms with Crippen LogP contribution in [0.5, 0.6) is 0 Å². The fraction of sp³-hybridized carbons (Fsp3) is 0.571. The van der Waals surface area contributed by atoms with Crippen LogP contribution in [0, 0.1) is 6.92 Å². The second-order valence-corrected chi connectivity index (χ2v) is 5.01. The molecule has 0 saturated carbocycles. The van der Waals surface area contributed by atoms with Gasteiger partial charge in [-0.05, 0) is 37.4 Å². The maximum atomic E-state index is 6.04. The Morgan fingerprint density at radius 1 is 1.31 bits per heavy atom. The van der Waals surface area contributed by atoms with Gasteiger partial charge in [-0.25, -0.2) is 0 Å². The van der Waals surface area contributed by atoms with E-state index in [-0.39, 0.29) is 0 Å². The summed E-state index contributed by atoms with van der Waals surface area (Å²) < 4.78 is 0. The van der Waals surface area contributed by atoms with Crippen LogP contribution in [0.25, 0.3) is 0 Å². The summed E-state index contributed by atoms with van der Waals surface area (Å²) >= 11 is 6.04. The van der Waals surface area contributed by atoms with Crippen molar-refractivity contribution in [3.63, 3.8) is 0 Å². The van der Waals surface area contributed by atoms with Crippen molar-refractivity contribution in [1.29, 1.82) is 0 Å². The van der Waals surface area contributed by atoms with E-state index >= 15 is 0 Å². The van der Waals surface area contributed by atoms with Crippen LogP contribution in [-0.2, 0) is 6.54 Å². The van der Waals surface area contributed by atoms with E-state index in [1.54, 1.807) is 0 Å². The molecule has 2 rings (SSSR count). The second-order valence-electron chi connectivity index (χ2n) is 4.70. The SMILES string of the molecule is Cc1ccccc1CN1CCCCC1CCl. The maximum Gasteiger partial charge on any atom is 0.0379 e. The number of benzene rings is 1. The molecular formula is C14H20ClN. The molecule has 88 valence electrons. The number of aryl methyl sites for hydroxylation is 1. The molecule has 1 aliphatic heterocycles. The highest BCUT2D eigenvalue weighted by molar-refractivity contribution is 6.18. The van der Waals surface area contributed by atoms with Crippen LogP contribution in [0.15, 0.2) is 24.3 Å². The molecule has 1 aliphatic rings. The van der Waals surface area contributed by atoms with Crippen LogP contribution in [0.3, 0.4) is 0 Å². The Balaban J connectivity index is 2.05. The number of halogens is 1. The summed E-state index contributed by atoms with van der Waals surface area (Å²) in [6.45, 7) is 4.45. The van der Waals surface area contributed by atoms with Crippen molar-refractivity contribution >= 4 is 11.6 Å². The highest BCUT2D eigenvalue weighted by Crippen LogP contribution is 2.21. The lowest BCUT2D eigenvalue weighted by Crippen LogP contribution is -2.40. The zero-order valence-electron chi connectivity index (χ0n) is 9.95. The van der Waals surface area contributed by atoms with Crippen molar-refractivity contribution < 1.29 is 0 Å². The van der Waals surface area contributed by atoms with Gasteiger partial charge in [0.25, 0.3) is 0 Å². The minimum Gasteiger partial charge on any atom is -0.295 e. The Morgan fingerprint density at radius 2 is 2.12 bits per heavy atom. The molecule has 1 saturated heterocycles. The van der Waals surface area contributed by atoms with Gasteiger partial charge in [0.2, 0.25) is 0 Å². The molecule has 0 bridgehead atoms. The smallest absolute Gasteiger partial charge is 0.0379 e. The minimum absolute atomic E-state index is 0.579. The van der Waals surface area contributed by atoms with E-state index < -0.39 is 0 Å². The highest BCUT2D eigenvalue weighted by atomic mass is 35.5. The van der Waals surface area contributed by atoms with Gasteiger partial charge >= 0.3 is 0 Å². The van der Waals surface area contributed by atoms with Gasteiger partial charge in [0.1, 0.15) is 0 Å². The predicted molar refractivity (Wildman–Crippen MR) is 69.9 cm³/mol. The van der Waals surface area contributed by atoms with E-state index in [4.69, 9.17) is 11.6 Å². The normalized spacial score (nSPS) is 22.2. The van der Waals surface area contributed by atoms with Crippen LogP contribution < -0.4 is 0 Å². The molecule has 2 heteroatoms. The molecule has 0 spiro atoms. The molecule has 1 nitrogen and oxygen atoms in total. The van der Waals surface area contributed by atoms with Crippen LogP contribution >= 0.6 is 11.6 Å². The Morgan fingerprint density at radius 3 is 2.88 bits per heavy atom. The Labute approximate surface area is 103 Å². The van der Waals surface area contributed by atoms with Crippen molar-refractivity contribution in [3.8, 4) is 0 Å². The quantitative estimate of drug-likeness (QED) is 0.727. The summed E-state index contributed by atoms with van der Waals surface area (Å²) in [5.41, 5.74) is 2.83. The number of hydrogen-bond acceptors (Lipinski definition) is 1. The number of alkyl halides is 1. The third-order valence-electron chi connectivity index (χ3n) is 3.56. The molecule has 1 aromatic carbocycles. The van der Waals surface area contributed by atoms with Gasteiger partial charge in [-0.2, -0.15) is 0 Å². The van der Waals surface area contributed by atoms with E-state index in [0.29, 0.717) is 6.04 Å². The molecule has 0 radical (unpaired) electrons. The van der Waals surface area contributed by atoms with Gasteiger partial charge in [0, 0.05) is 18.5 Å². The summed E-state index contributed by atoms with van der Waals surface area (Å²) in [7, 11) is 0. The number of piperidine rings is 1. The first-order valence-electron chi connectivity index (χ1n) is 6.16. The van der Waals surface area contributed by atoms with E-state index in [1.165, 1.54) is 36.9 Å². The monoisotopic (exact) mass is 237 g/mol. The van der Waals surface area contributed by atoms with Gasteiger partial charge in [0.05, 0.1) is 0 Å². The van der Waals surface area contributed by atoms with Crippen LogP contribution in [-0.4, -0.2) is 23.4 Å². The van der Waals surface area contributed by atoms with Gasteiger partial charge in [-0.15, -0.1) is 11.6 Å². The number of rotatable bonds is 3. The first kappa shape index (κ1) is 11.9. The zero-order valence-corrected chi connectivity index (χ0v) is 10.7. The number of hydrogen-bond donors (Lipinski definition) is 0. The topological polar surface area (TPSA) is 3.24 Å². The average Bonchev–Trinajstić information content (AvgIpc) is 2.33. The molecule has 1 fully saturated rings. The number of likely N-dealkylation sites (tertiary alicyclic amines) is 1. The maximum absolute atomic E-state index is 6.04. The first-order chi connectivity index (χ1) is 7.81. The third kappa shape index (κ3) is 2.78. The van der Waals surface area contributed by atoms with Crippen molar-refractivity contribution in [1.82, 2.24) is 4.90 Å². The second kappa shape index (κ2) is 5.70. The lowest BCUT2D eigenvalue weighted by Gasteiger charge is -2.34. The lowest BCUT2D eigenvalue weighted by molar-refractivity contribution is 0.154. The van der Waals surface area contributed by atoms with E-state index in [0.717, 1.165) is 12.4 Å². The summed E-state index contributed by atoms with van der Waals surface area (Å²) in [4.78, 5) is 2.54. The Kier molecular flexibility index (Phi) is 4.25. The molecule has 0 N–H and O–H groups in total. The molecule has 1 aromatic rings. The highest BCUT2D eigenvalue weighted by Gasteiger charge is 2.21. The van der Waals surface area contributed by atoms with Crippen LogP contribution in [0.4, 0.5) is 0 Å². The predicted octanol–water partition coefficient (Wildman–Crippen LogP) is 3.59. The summed E-state index contributed by atoms with van der Waals surface area (Å²) in [6, 6.07) is 9.23. The van der Waals surface area contributed by atoms with Crippen molar-refractivity contribution in [2.75, 3.05) is 12.4 Å². The summed E-state index contributed by atoms with van der Waals surface area (Å²) in [5, 5.41) is 0. The fourth-order valence-corrected chi connectivity index (χ4v) is 2.80. The Hall–Kier alpha value is -0.530. The van der Waals surface area contributed by atoms with Gasteiger partial charge < -0.3 is 0 Å². The Bertz CT molecular complexity index is 337. The summed E-state index contributed by atoms with van der Waals surface area (Å²) in [5.74, 6) is 0.770. The standard InChI is InChI=1S/C14H20ClN/c1-12-6-2-3-7-13(12)11-16-9-5-4-8-14(16)10-15/h2-3,6-7,14H,4-5,8-11H2,1H3. The average molecular weight is 238 g/mol. The van der Waals surface area contributed by atoms with Crippen molar-refractivity contribution in [2.45, 2.75) is 38.8 Å². The molecular weight excluding hydrogens is 218 g/mol. The van der Waals surface area contributed by atoms with E-state index in [2.05, 4.69) is 36.1 Å². The van der Waals surface area contributed by atoms with E-state index in [9.17, 15) is 0 Å². The molecule has 0 aromatic heterocycles. The van der Waals surface area contributed by atoms with Crippen LogP contribution in [0.1, 0.15) is 30.4 Å². The molecule has 16 heavy (non-hydrogen) atoms. The largest absolute Gasteiger partial charge is 0.295 e. The van der Waals surface area contributed by atoms with Crippen molar-refractivity contribution in [3.05, 3.63) is 35.4 Å². The molecule has 1 unspecified atom stereocenters. The third-order valence-corrected chi connectivity index (χ3v) is 3.92. The molecule has 1 heterocycles. The van der Waals surface area contributed by atoms with Crippen LogP contribution in [0.2, 0.25) is 0 Å². The van der Waals surface area contributed by atoms with Gasteiger partial charge in [-0.1, -0.05) is 30.7 Å². The van der Waals surface area contributed by atoms with Gasteiger partial charge in [-0.3, -0.25) is 4.90 Å². The minimum atomic E-state index is 0.579. The van der Waals surface area contributed by atoms with Crippen molar-refractivity contribution in [2.24, 2.45) is 0 Å². The van der Waals surface area contributed by atoms with E-state index in [1.807, 2.05) is 0 Å². The number of nitrogens with zero attached hydrogens (tertiary/aromatic N) is 1. The summed E-state index contributed by atoms with van der Waals surface area (Å²) in [6.07, 6.45) is 3.91. The first-order valence-corrected chi connectivity index (χ1v) is 6.69. The lowest BCUT2D eigenvalue weighted by atomic mass is 10.0. The van der Waals surface area contributed by atoms with Gasteiger partial charge in [0.15, 0.2) is 0 Å².